The van der Waals surface area contributed by atoms with Gasteiger partial charge in [-0.25, -0.2) is 13.1 Å². The average molecular weight is 487 g/mol. The number of aromatic nitrogens is 1. The number of hydrogen-bond acceptors (Lipinski definition) is 5. The fourth-order valence-corrected chi connectivity index (χ4v) is 5.54. The third-order valence-corrected chi connectivity index (χ3v) is 7.46. The highest BCUT2D eigenvalue weighted by atomic mass is 32.2. The van der Waals surface area contributed by atoms with Gasteiger partial charge in [0, 0.05) is 17.4 Å². The van der Waals surface area contributed by atoms with Crippen LogP contribution in [0.1, 0.15) is 69.8 Å². The van der Waals surface area contributed by atoms with Crippen molar-refractivity contribution in [1.29, 1.82) is 0 Å². The summed E-state index contributed by atoms with van der Waals surface area (Å²) in [6, 6.07) is 10.3. The lowest BCUT2D eigenvalue weighted by Gasteiger charge is -2.26. The molecule has 0 spiro atoms. The number of sulfonamides is 1. The molecule has 184 valence electrons. The van der Waals surface area contributed by atoms with Crippen LogP contribution >= 0.6 is 0 Å². The van der Waals surface area contributed by atoms with Gasteiger partial charge in [-0.1, -0.05) is 38.2 Å². The van der Waals surface area contributed by atoms with Gasteiger partial charge < -0.3 is 10.6 Å². The molecule has 1 aromatic heterocycles. The predicted molar refractivity (Wildman–Crippen MR) is 132 cm³/mol. The van der Waals surface area contributed by atoms with E-state index in [4.69, 9.17) is 0 Å². The standard InChI is InChI=1S/C25H34N4O4S/c1-25(2,3)29-34(32,33)20-14-12-19(13-15-20)27-24(31)22(17-18-9-5-4-6-10-18)28-23(30)21-11-7-8-16-26-21/h7-8,11-16,18,22,29H,4-6,9-10,17H2,1-3H3,(H,27,31)(H,28,30). The number of carbonyl (C=O) groups excluding carboxylic acids is 2. The van der Waals surface area contributed by atoms with E-state index < -0.39 is 27.5 Å². The molecule has 3 N–H and O–H groups in total. The van der Waals surface area contributed by atoms with Crippen LogP contribution in [0.3, 0.4) is 0 Å². The second-order valence-electron chi connectivity index (χ2n) is 9.85. The van der Waals surface area contributed by atoms with Crippen molar-refractivity contribution in [2.45, 2.75) is 75.8 Å². The summed E-state index contributed by atoms with van der Waals surface area (Å²) < 4.78 is 27.6. The van der Waals surface area contributed by atoms with Gasteiger partial charge in [-0.3, -0.25) is 14.6 Å². The van der Waals surface area contributed by atoms with E-state index in [2.05, 4.69) is 20.3 Å². The Hall–Kier alpha value is -2.78. The van der Waals surface area contributed by atoms with Gasteiger partial charge in [-0.05, 0) is 69.5 Å². The number of hydrogen-bond donors (Lipinski definition) is 3. The molecule has 1 aromatic carbocycles. The fraction of sp³-hybridized carbons (Fsp3) is 0.480. The summed E-state index contributed by atoms with van der Waals surface area (Å²) in [6.45, 7) is 5.31. The molecule has 0 bridgehead atoms. The monoisotopic (exact) mass is 486 g/mol. The highest BCUT2D eigenvalue weighted by Crippen LogP contribution is 2.28. The summed E-state index contributed by atoms with van der Waals surface area (Å²) >= 11 is 0. The molecule has 2 aromatic rings. The Kier molecular flexibility index (Phi) is 8.43. The molecule has 8 nitrogen and oxygen atoms in total. The minimum absolute atomic E-state index is 0.114. The van der Waals surface area contributed by atoms with Gasteiger partial charge in [-0.15, -0.1) is 0 Å². The zero-order valence-electron chi connectivity index (χ0n) is 20.0. The molecule has 1 aliphatic rings. The maximum absolute atomic E-state index is 13.1. The number of anilines is 1. The number of rotatable bonds is 8. The quantitative estimate of drug-likeness (QED) is 0.524. The van der Waals surface area contributed by atoms with E-state index in [0.29, 0.717) is 18.0 Å². The van der Waals surface area contributed by atoms with Gasteiger partial charge in [-0.2, -0.15) is 0 Å². The maximum Gasteiger partial charge on any atom is 0.270 e. The molecular formula is C25H34N4O4S. The van der Waals surface area contributed by atoms with E-state index in [9.17, 15) is 18.0 Å². The second-order valence-corrected chi connectivity index (χ2v) is 11.5. The molecule has 0 radical (unpaired) electrons. The number of pyridine rings is 1. The smallest absolute Gasteiger partial charge is 0.270 e. The third-order valence-electron chi connectivity index (χ3n) is 5.69. The molecule has 0 saturated heterocycles. The Morgan fingerprint density at radius 2 is 1.71 bits per heavy atom. The number of nitrogens with zero attached hydrogens (tertiary/aromatic N) is 1. The van der Waals surface area contributed by atoms with E-state index in [1.807, 2.05) is 0 Å². The van der Waals surface area contributed by atoms with Crippen LogP contribution in [0, 0.1) is 5.92 Å². The molecule has 2 amide bonds. The topological polar surface area (TPSA) is 117 Å². The summed E-state index contributed by atoms with van der Waals surface area (Å²) in [5, 5.41) is 5.67. The summed E-state index contributed by atoms with van der Waals surface area (Å²) in [5.74, 6) is -0.367. The van der Waals surface area contributed by atoms with Crippen LogP contribution < -0.4 is 15.4 Å². The van der Waals surface area contributed by atoms with Crippen molar-refractivity contribution in [1.82, 2.24) is 15.0 Å². The highest BCUT2D eigenvalue weighted by molar-refractivity contribution is 7.89. The van der Waals surface area contributed by atoms with Crippen LogP contribution in [0.25, 0.3) is 0 Å². The van der Waals surface area contributed by atoms with Gasteiger partial charge in [0.1, 0.15) is 11.7 Å². The molecule has 1 heterocycles. The first-order valence-corrected chi connectivity index (χ1v) is 13.2. The van der Waals surface area contributed by atoms with Gasteiger partial charge in [0.05, 0.1) is 4.90 Å². The summed E-state index contributed by atoms with van der Waals surface area (Å²) in [6.07, 6.45) is 7.62. The Bertz CT molecular complexity index is 1070. The van der Waals surface area contributed by atoms with Crippen molar-refractivity contribution in [2.75, 3.05) is 5.32 Å². The van der Waals surface area contributed by atoms with Crippen molar-refractivity contribution in [2.24, 2.45) is 5.92 Å². The Morgan fingerprint density at radius 1 is 1.03 bits per heavy atom. The van der Waals surface area contributed by atoms with Crippen molar-refractivity contribution >= 4 is 27.5 Å². The molecule has 34 heavy (non-hydrogen) atoms. The third kappa shape index (κ3) is 7.63. The van der Waals surface area contributed by atoms with Gasteiger partial charge >= 0.3 is 0 Å². The van der Waals surface area contributed by atoms with Crippen LogP contribution in [0.2, 0.25) is 0 Å². The van der Waals surface area contributed by atoms with E-state index in [1.54, 1.807) is 51.1 Å². The van der Waals surface area contributed by atoms with Crippen molar-refractivity contribution in [3.05, 3.63) is 54.4 Å². The highest BCUT2D eigenvalue weighted by Gasteiger charge is 2.27. The van der Waals surface area contributed by atoms with Crippen LogP contribution in [0.4, 0.5) is 5.69 Å². The fourth-order valence-electron chi connectivity index (χ4n) is 4.13. The second kappa shape index (κ2) is 11.1. The summed E-state index contributed by atoms with van der Waals surface area (Å²) in [7, 11) is -3.67. The van der Waals surface area contributed by atoms with Crippen LogP contribution in [-0.4, -0.2) is 36.8 Å². The lowest BCUT2D eigenvalue weighted by atomic mass is 9.84. The molecule has 1 fully saturated rings. The SMILES string of the molecule is CC(C)(C)NS(=O)(=O)c1ccc(NC(=O)C(CC2CCCCC2)NC(=O)c2ccccn2)cc1. The van der Waals surface area contributed by atoms with E-state index in [0.717, 1.165) is 25.7 Å². The molecule has 9 heteroatoms. The Labute approximate surface area is 202 Å². The molecule has 0 aliphatic heterocycles. The minimum Gasteiger partial charge on any atom is -0.339 e. The maximum atomic E-state index is 13.1. The first-order chi connectivity index (χ1) is 16.0. The molecular weight excluding hydrogens is 452 g/mol. The van der Waals surface area contributed by atoms with Crippen LogP contribution in [-0.2, 0) is 14.8 Å². The molecule has 3 rings (SSSR count). The van der Waals surface area contributed by atoms with E-state index in [-0.39, 0.29) is 16.5 Å². The van der Waals surface area contributed by atoms with Crippen LogP contribution in [0.5, 0.6) is 0 Å². The lowest BCUT2D eigenvalue weighted by molar-refractivity contribution is -0.118. The van der Waals surface area contributed by atoms with Gasteiger partial charge in [0.25, 0.3) is 5.91 Å². The number of nitrogens with one attached hydrogen (secondary N) is 3. The Balaban J connectivity index is 1.72. The zero-order chi connectivity index (χ0) is 24.8. The molecule has 1 unspecified atom stereocenters. The predicted octanol–water partition coefficient (Wildman–Crippen LogP) is 3.87. The zero-order valence-corrected chi connectivity index (χ0v) is 20.8. The van der Waals surface area contributed by atoms with Gasteiger partial charge in [0.2, 0.25) is 15.9 Å². The number of carbonyl (C=O) groups is 2. The van der Waals surface area contributed by atoms with Gasteiger partial charge in [0.15, 0.2) is 0 Å². The first kappa shape index (κ1) is 25.8. The average Bonchev–Trinajstić information content (AvgIpc) is 2.78. The lowest BCUT2D eigenvalue weighted by Crippen LogP contribution is -2.45. The molecule has 1 saturated carbocycles. The molecule has 1 aliphatic carbocycles. The van der Waals surface area contributed by atoms with Crippen molar-refractivity contribution in [3.8, 4) is 0 Å². The van der Waals surface area contributed by atoms with Crippen LogP contribution in [0.15, 0.2) is 53.6 Å². The number of amides is 2. The van der Waals surface area contributed by atoms with E-state index >= 15 is 0 Å². The largest absolute Gasteiger partial charge is 0.339 e. The minimum atomic E-state index is -3.67. The number of benzene rings is 1. The summed E-state index contributed by atoms with van der Waals surface area (Å²) in [4.78, 5) is 30.0. The van der Waals surface area contributed by atoms with Crippen molar-refractivity contribution < 1.29 is 18.0 Å². The normalized spacial score (nSPS) is 16.0. The van der Waals surface area contributed by atoms with Crippen molar-refractivity contribution in [3.63, 3.8) is 0 Å². The summed E-state index contributed by atoms with van der Waals surface area (Å²) in [5.41, 5.74) is 0.106. The van der Waals surface area contributed by atoms with E-state index in [1.165, 1.54) is 24.8 Å². The Morgan fingerprint density at radius 3 is 2.29 bits per heavy atom. The molecule has 1 atom stereocenters. The first-order valence-electron chi connectivity index (χ1n) is 11.7.